The number of nitrogens with one attached hydrogen (secondary N) is 2. The van der Waals surface area contributed by atoms with Crippen molar-refractivity contribution in [2.24, 2.45) is 0 Å². The first kappa shape index (κ1) is 21.2. The summed E-state index contributed by atoms with van der Waals surface area (Å²) in [6.07, 6.45) is 4.39. The number of nitrogens with zero attached hydrogens (tertiary/aromatic N) is 2. The van der Waals surface area contributed by atoms with Gasteiger partial charge in [0.25, 0.3) is 0 Å². The van der Waals surface area contributed by atoms with Crippen molar-refractivity contribution < 1.29 is 4.79 Å². The Morgan fingerprint density at radius 3 is 2.34 bits per heavy atom. The highest BCUT2D eigenvalue weighted by Crippen LogP contribution is 2.26. The van der Waals surface area contributed by atoms with Crippen LogP contribution in [0.5, 0.6) is 0 Å². The van der Waals surface area contributed by atoms with Crippen molar-refractivity contribution in [2.75, 3.05) is 45.2 Å². The van der Waals surface area contributed by atoms with Gasteiger partial charge in [-0.1, -0.05) is 42.5 Å². The molecule has 2 amide bonds. The summed E-state index contributed by atoms with van der Waals surface area (Å²) in [5.41, 5.74) is 3.77. The molecule has 29 heavy (non-hydrogen) atoms. The lowest BCUT2D eigenvalue weighted by molar-refractivity contribution is 0.221. The Morgan fingerprint density at radius 1 is 1.00 bits per heavy atom. The number of amides is 2. The summed E-state index contributed by atoms with van der Waals surface area (Å²) >= 11 is 0. The summed E-state index contributed by atoms with van der Waals surface area (Å²) in [5, 5.41) is 6.09. The number of carbonyl (C=O) groups is 1. The smallest absolute Gasteiger partial charge is 0.314 e. The average molecular weight is 395 g/mol. The van der Waals surface area contributed by atoms with Crippen molar-refractivity contribution in [3.8, 4) is 0 Å². The zero-order chi connectivity index (χ0) is 20.5. The maximum atomic E-state index is 12.3. The fourth-order valence-electron chi connectivity index (χ4n) is 3.90. The third-order valence-electron chi connectivity index (χ3n) is 5.60. The van der Waals surface area contributed by atoms with E-state index in [2.05, 4.69) is 83.1 Å². The molecule has 0 bridgehead atoms. The van der Waals surface area contributed by atoms with Crippen LogP contribution in [0.15, 0.2) is 54.6 Å². The molecule has 0 aliphatic carbocycles. The summed E-state index contributed by atoms with van der Waals surface area (Å²) in [4.78, 5) is 16.9. The van der Waals surface area contributed by atoms with Crippen LogP contribution >= 0.6 is 0 Å². The number of anilines is 1. The van der Waals surface area contributed by atoms with Crippen LogP contribution < -0.4 is 15.5 Å². The van der Waals surface area contributed by atoms with Gasteiger partial charge in [0.1, 0.15) is 0 Å². The van der Waals surface area contributed by atoms with Gasteiger partial charge in [0.2, 0.25) is 0 Å². The minimum absolute atomic E-state index is 0.0767. The van der Waals surface area contributed by atoms with Gasteiger partial charge in [-0.15, -0.1) is 0 Å². The Kier molecular flexibility index (Phi) is 7.94. The molecule has 1 atom stereocenters. The molecule has 1 aliphatic heterocycles. The van der Waals surface area contributed by atoms with Crippen molar-refractivity contribution in [1.82, 2.24) is 15.5 Å². The molecule has 1 unspecified atom stereocenters. The number of hydrogen-bond donors (Lipinski definition) is 2. The molecule has 0 aromatic heterocycles. The lowest BCUT2D eigenvalue weighted by Gasteiger charge is -2.28. The highest BCUT2D eigenvalue weighted by Gasteiger charge is 2.24. The van der Waals surface area contributed by atoms with E-state index in [1.54, 1.807) is 0 Å². The monoisotopic (exact) mass is 394 g/mol. The summed E-state index contributed by atoms with van der Waals surface area (Å²) in [6, 6.07) is 19.2. The first-order valence-electron chi connectivity index (χ1n) is 10.7. The second kappa shape index (κ2) is 10.9. The van der Waals surface area contributed by atoms with Crippen LogP contribution in [-0.2, 0) is 6.42 Å². The predicted molar refractivity (Wildman–Crippen MR) is 120 cm³/mol. The van der Waals surface area contributed by atoms with Crippen LogP contribution in [0.3, 0.4) is 0 Å². The van der Waals surface area contributed by atoms with Crippen molar-refractivity contribution in [2.45, 2.75) is 31.7 Å². The SMILES string of the molecule is CN(C)c1ccc(C(CNC(=O)NCCCc2ccccc2)N2CCCC2)cc1. The summed E-state index contributed by atoms with van der Waals surface area (Å²) in [5.74, 6) is 0. The van der Waals surface area contributed by atoms with E-state index < -0.39 is 0 Å². The maximum Gasteiger partial charge on any atom is 0.314 e. The van der Waals surface area contributed by atoms with Gasteiger partial charge >= 0.3 is 6.03 Å². The van der Waals surface area contributed by atoms with Crippen LogP contribution in [0.4, 0.5) is 10.5 Å². The van der Waals surface area contributed by atoms with Gasteiger partial charge in [-0.3, -0.25) is 4.90 Å². The van der Waals surface area contributed by atoms with Gasteiger partial charge in [0.15, 0.2) is 0 Å². The number of likely N-dealkylation sites (tertiary alicyclic amines) is 1. The molecule has 3 rings (SSSR count). The van der Waals surface area contributed by atoms with E-state index in [1.165, 1.54) is 29.7 Å². The van der Waals surface area contributed by atoms with Gasteiger partial charge < -0.3 is 15.5 Å². The highest BCUT2D eigenvalue weighted by atomic mass is 16.2. The Balaban J connectivity index is 1.48. The Labute approximate surface area is 175 Å². The van der Waals surface area contributed by atoms with Crippen molar-refractivity contribution >= 4 is 11.7 Å². The molecule has 1 fully saturated rings. The molecule has 2 aromatic carbocycles. The lowest BCUT2D eigenvalue weighted by atomic mass is 10.0. The van der Waals surface area contributed by atoms with Crippen molar-refractivity contribution in [3.63, 3.8) is 0 Å². The number of carbonyl (C=O) groups excluding carboxylic acids is 1. The fourth-order valence-corrected chi connectivity index (χ4v) is 3.90. The van der Waals surface area contributed by atoms with Crippen LogP contribution in [0.2, 0.25) is 0 Å². The normalized spacial score (nSPS) is 15.1. The first-order chi connectivity index (χ1) is 14.1. The zero-order valence-electron chi connectivity index (χ0n) is 17.7. The number of hydrogen-bond acceptors (Lipinski definition) is 3. The minimum atomic E-state index is -0.0767. The van der Waals surface area contributed by atoms with E-state index in [4.69, 9.17) is 0 Å². The van der Waals surface area contributed by atoms with Crippen LogP contribution in [0.1, 0.15) is 36.4 Å². The van der Waals surface area contributed by atoms with Gasteiger partial charge in [-0.05, 0) is 62.0 Å². The summed E-state index contributed by atoms with van der Waals surface area (Å²) < 4.78 is 0. The van der Waals surface area contributed by atoms with Crippen molar-refractivity contribution in [1.29, 1.82) is 0 Å². The van der Waals surface area contributed by atoms with E-state index in [0.29, 0.717) is 13.1 Å². The summed E-state index contributed by atoms with van der Waals surface area (Å²) in [6.45, 7) is 3.51. The van der Waals surface area contributed by atoms with E-state index >= 15 is 0 Å². The lowest BCUT2D eigenvalue weighted by Crippen LogP contribution is -2.41. The molecular weight excluding hydrogens is 360 g/mol. The Morgan fingerprint density at radius 2 is 1.69 bits per heavy atom. The van der Waals surface area contributed by atoms with E-state index in [-0.39, 0.29) is 12.1 Å². The average Bonchev–Trinajstić information content (AvgIpc) is 3.27. The largest absolute Gasteiger partial charge is 0.378 e. The Bertz CT molecular complexity index is 739. The molecule has 0 radical (unpaired) electrons. The molecule has 156 valence electrons. The van der Waals surface area contributed by atoms with Crippen LogP contribution in [0, 0.1) is 0 Å². The second-order valence-electron chi connectivity index (χ2n) is 7.97. The Hall–Kier alpha value is -2.53. The van der Waals surface area contributed by atoms with E-state index in [0.717, 1.165) is 25.9 Å². The molecule has 0 spiro atoms. The minimum Gasteiger partial charge on any atom is -0.378 e. The quantitative estimate of drug-likeness (QED) is 0.636. The van der Waals surface area contributed by atoms with E-state index in [9.17, 15) is 4.79 Å². The predicted octanol–water partition coefficient (Wildman–Crippen LogP) is 3.82. The van der Waals surface area contributed by atoms with Crippen LogP contribution in [-0.4, -0.2) is 51.2 Å². The number of urea groups is 1. The van der Waals surface area contributed by atoms with Gasteiger partial charge in [-0.25, -0.2) is 4.79 Å². The second-order valence-corrected chi connectivity index (χ2v) is 7.97. The van der Waals surface area contributed by atoms with Gasteiger partial charge in [0, 0.05) is 32.9 Å². The molecule has 1 aliphatic rings. The number of aryl methyl sites for hydroxylation is 1. The molecule has 2 aromatic rings. The van der Waals surface area contributed by atoms with Crippen LogP contribution in [0.25, 0.3) is 0 Å². The molecule has 5 heteroatoms. The standard InChI is InChI=1S/C24H34N4O/c1-27(2)22-14-12-21(13-15-22)23(28-17-6-7-18-28)19-26-24(29)25-16-8-11-20-9-4-3-5-10-20/h3-5,9-10,12-15,23H,6-8,11,16-19H2,1-2H3,(H2,25,26,29). The topological polar surface area (TPSA) is 47.6 Å². The molecule has 1 heterocycles. The third-order valence-corrected chi connectivity index (χ3v) is 5.60. The molecule has 1 saturated heterocycles. The molecular formula is C24H34N4O. The molecule has 2 N–H and O–H groups in total. The highest BCUT2D eigenvalue weighted by molar-refractivity contribution is 5.73. The fraction of sp³-hybridized carbons (Fsp3) is 0.458. The number of benzene rings is 2. The first-order valence-corrected chi connectivity index (χ1v) is 10.7. The zero-order valence-corrected chi connectivity index (χ0v) is 17.7. The number of rotatable bonds is 9. The third kappa shape index (κ3) is 6.50. The molecule has 5 nitrogen and oxygen atoms in total. The maximum absolute atomic E-state index is 12.3. The summed E-state index contributed by atoms with van der Waals surface area (Å²) in [7, 11) is 4.10. The van der Waals surface area contributed by atoms with Gasteiger partial charge in [-0.2, -0.15) is 0 Å². The molecule has 0 saturated carbocycles. The van der Waals surface area contributed by atoms with Gasteiger partial charge in [0.05, 0.1) is 6.04 Å². The van der Waals surface area contributed by atoms with Crippen molar-refractivity contribution in [3.05, 3.63) is 65.7 Å². The van der Waals surface area contributed by atoms with E-state index in [1.807, 2.05) is 6.07 Å².